The number of hydrogen-bond donors (Lipinski definition) is 1. The monoisotopic (exact) mass is 340 g/mol. The summed E-state index contributed by atoms with van der Waals surface area (Å²) in [5.41, 5.74) is -0.948. The van der Waals surface area contributed by atoms with Crippen molar-refractivity contribution < 1.29 is 18.3 Å². The van der Waals surface area contributed by atoms with Crippen LogP contribution in [0.1, 0.15) is 19.3 Å². The van der Waals surface area contributed by atoms with Gasteiger partial charge in [0.2, 0.25) is 10.0 Å². The molecule has 2 aliphatic rings. The van der Waals surface area contributed by atoms with Gasteiger partial charge in [-0.25, -0.2) is 8.42 Å². The number of aliphatic hydroxyl groups is 1. The van der Waals surface area contributed by atoms with E-state index >= 15 is 0 Å². The fraction of sp³-hybridized carbons (Fsp3) is 0.625. The molecule has 0 aromatic heterocycles. The van der Waals surface area contributed by atoms with E-state index in [1.54, 1.807) is 18.2 Å². The van der Waals surface area contributed by atoms with Crippen LogP contribution < -0.4 is 4.74 Å². The van der Waals surface area contributed by atoms with Crippen molar-refractivity contribution in [3.8, 4) is 5.75 Å². The molecular weight excluding hydrogens is 316 g/mol. The Balaban J connectivity index is 1.73. The lowest BCUT2D eigenvalue weighted by atomic mass is 10.0. The van der Waals surface area contributed by atoms with Gasteiger partial charge in [-0.15, -0.1) is 0 Å². The number of nitrogens with zero attached hydrogens (tertiary/aromatic N) is 2. The minimum Gasteiger partial charge on any atom is -0.497 e. The molecule has 3 rings (SSSR count). The number of rotatable bonds is 5. The van der Waals surface area contributed by atoms with Crippen LogP contribution in [0.4, 0.5) is 0 Å². The summed E-state index contributed by atoms with van der Waals surface area (Å²) in [6.45, 7) is 3.04. The molecule has 0 unspecified atom stereocenters. The number of methoxy groups -OCH3 is 1. The maximum absolute atomic E-state index is 12.8. The van der Waals surface area contributed by atoms with Crippen LogP contribution in [0.5, 0.6) is 5.75 Å². The minimum absolute atomic E-state index is 0.156. The second-order valence-electron chi connectivity index (χ2n) is 6.48. The summed E-state index contributed by atoms with van der Waals surface area (Å²) in [5, 5.41) is 10.8. The van der Waals surface area contributed by atoms with Crippen LogP contribution in [0, 0.1) is 0 Å². The standard InChI is InChI=1S/C16H24N2O4S/c1-22-14-5-4-6-15(11-14)23(20,21)18-10-7-16(19,13-18)12-17-8-2-3-9-17/h4-6,11,19H,2-3,7-10,12-13H2,1H3/t16-/m1/s1. The number of hydrogen-bond acceptors (Lipinski definition) is 5. The number of benzene rings is 1. The van der Waals surface area contributed by atoms with E-state index in [2.05, 4.69) is 4.90 Å². The molecule has 128 valence electrons. The van der Waals surface area contributed by atoms with Crippen LogP contribution >= 0.6 is 0 Å². The average Bonchev–Trinajstić information content (AvgIpc) is 3.17. The Morgan fingerprint density at radius 1 is 1.26 bits per heavy atom. The molecule has 6 nitrogen and oxygen atoms in total. The molecule has 0 aliphatic carbocycles. The van der Waals surface area contributed by atoms with Crippen molar-refractivity contribution in [3.05, 3.63) is 24.3 Å². The first-order valence-corrected chi connectivity index (χ1v) is 9.46. The van der Waals surface area contributed by atoms with Crippen LogP contribution in [0.25, 0.3) is 0 Å². The van der Waals surface area contributed by atoms with E-state index in [0.29, 0.717) is 25.3 Å². The van der Waals surface area contributed by atoms with E-state index in [4.69, 9.17) is 4.74 Å². The predicted octanol–water partition coefficient (Wildman–Crippen LogP) is 0.916. The molecule has 0 saturated carbocycles. The molecule has 1 aromatic rings. The van der Waals surface area contributed by atoms with Gasteiger partial charge in [0.15, 0.2) is 0 Å². The molecule has 0 spiro atoms. The maximum Gasteiger partial charge on any atom is 0.243 e. The number of β-amino-alcohol motifs (C(OH)–C–C–N with tert-alkyl or cyclic N) is 1. The average molecular weight is 340 g/mol. The van der Waals surface area contributed by atoms with Crippen molar-refractivity contribution in [2.45, 2.75) is 29.8 Å². The highest BCUT2D eigenvalue weighted by Crippen LogP contribution is 2.30. The van der Waals surface area contributed by atoms with E-state index < -0.39 is 15.6 Å². The molecule has 2 saturated heterocycles. The summed E-state index contributed by atoms with van der Waals surface area (Å²) in [4.78, 5) is 2.43. The quantitative estimate of drug-likeness (QED) is 0.863. The summed E-state index contributed by atoms with van der Waals surface area (Å²) >= 11 is 0. The summed E-state index contributed by atoms with van der Waals surface area (Å²) < 4.78 is 32.0. The third-order valence-corrected chi connectivity index (χ3v) is 6.53. The van der Waals surface area contributed by atoms with E-state index in [1.165, 1.54) is 17.5 Å². The van der Waals surface area contributed by atoms with E-state index in [-0.39, 0.29) is 11.4 Å². The summed E-state index contributed by atoms with van der Waals surface area (Å²) in [6, 6.07) is 6.47. The highest BCUT2D eigenvalue weighted by Gasteiger charge is 2.42. The van der Waals surface area contributed by atoms with E-state index in [9.17, 15) is 13.5 Å². The van der Waals surface area contributed by atoms with Crippen LogP contribution in [-0.2, 0) is 10.0 Å². The molecule has 23 heavy (non-hydrogen) atoms. The Morgan fingerprint density at radius 3 is 2.70 bits per heavy atom. The Bertz CT molecular complexity index is 658. The minimum atomic E-state index is -3.60. The molecular formula is C16H24N2O4S. The molecule has 1 N–H and O–H groups in total. The fourth-order valence-corrected chi connectivity index (χ4v) is 4.98. The van der Waals surface area contributed by atoms with Crippen molar-refractivity contribution in [2.75, 3.05) is 39.8 Å². The van der Waals surface area contributed by atoms with Crippen LogP contribution in [-0.4, -0.2) is 68.2 Å². The molecule has 0 amide bonds. The zero-order valence-corrected chi connectivity index (χ0v) is 14.3. The number of ether oxygens (including phenoxy) is 1. The lowest BCUT2D eigenvalue weighted by molar-refractivity contribution is 0.0232. The fourth-order valence-electron chi connectivity index (χ4n) is 3.42. The third-order valence-electron chi connectivity index (χ3n) is 4.69. The van der Waals surface area contributed by atoms with Crippen molar-refractivity contribution >= 4 is 10.0 Å². The summed E-state index contributed by atoms with van der Waals surface area (Å²) in [5.74, 6) is 0.512. The van der Waals surface area contributed by atoms with Gasteiger partial charge in [0.05, 0.1) is 17.6 Å². The topological polar surface area (TPSA) is 70.1 Å². The second-order valence-corrected chi connectivity index (χ2v) is 8.41. The van der Waals surface area contributed by atoms with Gasteiger partial charge in [0, 0.05) is 25.7 Å². The van der Waals surface area contributed by atoms with E-state index in [0.717, 1.165) is 25.9 Å². The molecule has 7 heteroatoms. The van der Waals surface area contributed by atoms with Gasteiger partial charge in [-0.1, -0.05) is 6.07 Å². The van der Waals surface area contributed by atoms with Gasteiger partial charge in [0.25, 0.3) is 0 Å². The maximum atomic E-state index is 12.8. The summed E-state index contributed by atoms with van der Waals surface area (Å²) in [6.07, 6.45) is 2.79. The van der Waals surface area contributed by atoms with Gasteiger partial charge in [-0.2, -0.15) is 4.31 Å². The smallest absolute Gasteiger partial charge is 0.243 e. The van der Waals surface area contributed by atoms with Crippen LogP contribution in [0.2, 0.25) is 0 Å². The molecule has 0 bridgehead atoms. The first kappa shape index (κ1) is 16.7. The second kappa shape index (κ2) is 6.39. The highest BCUT2D eigenvalue weighted by molar-refractivity contribution is 7.89. The van der Waals surface area contributed by atoms with Gasteiger partial charge in [-0.3, -0.25) is 0 Å². The van der Waals surface area contributed by atoms with E-state index in [1.807, 2.05) is 0 Å². The third kappa shape index (κ3) is 3.52. The Hall–Kier alpha value is -1.15. The SMILES string of the molecule is COc1cccc(S(=O)(=O)N2CC[C@@](O)(CN3CCCC3)C2)c1. The first-order valence-electron chi connectivity index (χ1n) is 8.02. The molecule has 0 radical (unpaired) electrons. The Morgan fingerprint density at radius 2 is 2.00 bits per heavy atom. The highest BCUT2D eigenvalue weighted by atomic mass is 32.2. The van der Waals surface area contributed by atoms with Gasteiger partial charge in [-0.05, 0) is 44.5 Å². The van der Waals surface area contributed by atoms with Crippen molar-refractivity contribution in [1.29, 1.82) is 0 Å². The summed E-state index contributed by atoms with van der Waals surface area (Å²) in [7, 11) is -2.09. The zero-order chi connectivity index (χ0) is 16.5. The number of likely N-dealkylation sites (tertiary alicyclic amines) is 1. The van der Waals surface area contributed by atoms with Gasteiger partial charge >= 0.3 is 0 Å². The van der Waals surface area contributed by atoms with Gasteiger partial charge in [0.1, 0.15) is 5.75 Å². The molecule has 2 fully saturated rings. The van der Waals surface area contributed by atoms with Gasteiger partial charge < -0.3 is 14.7 Å². The van der Waals surface area contributed by atoms with Crippen LogP contribution in [0.3, 0.4) is 0 Å². The largest absolute Gasteiger partial charge is 0.497 e. The predicted molar refractivity (Wildman–Crippen MR) is 87.0 cm³/mol. The van der Waals surface area contributed by atoms with Crippen molar-refractivity contribution in [1.82, 2.24) is 9.21 Å². The lowest BCUT2D eigenvalue weighted by Crippen LogP contribution is -2.45. The molecule has 2 heterocycles. The Kier molecular flexibility index (Phi) is 4.64. The lowest BCUT2D eigenvalue weighted by Gasteiger charge is -2.28. The Labute approximate surface area is 137 Å². The van der Waals surface area contributed by atoms with Crippen LogP contribution in [0.15, 0.2) is 29.2 Å². The normalized spacial score (nSPS) is 26.7. The molecule has 1 aromatic carbocycles. The number of sulfonamides is 1. The molecule has 1 atom stereocenters. The zero-order valence-electron chi connectivity index (χ0n) is 13.4. The molecule has 2 aliphatic heterocycles. The van der Waals surface area contributed by atoms with Crippen molar-refractivity contribution in [3.63, 3.8) is 0 Å². The van der Waals surface area contributed by atoms with Crippen molar-refractivity contribution in [2.24, 2.45) is 0 Å². The first-order chi connectivity index (χ1) is 10.9.